The van der Waals surface area contributed by atoms with Gasteiger partial charge < -0.3 is 10.3 Å². The first-order valence-electron chi connectivity index (χ1n) is 6.14. The zero-order valence-corrected chi connectivity index (χ0v) is 10.6. The number of anilines is 2. The lowest BCUT2D eigenvalue weighted by Gasteiger charge is -2.24. The highest BCUT2D eigenvalue weighted by Crippen LogP contribution is 2.31. The molecule has 1 fully saturated rings. The van der Waals surface area contributed by atoms with Gasteiger partial charge in [0.05, 0.1) is 0 Å². The van der Waals surface area contributed by atoms with E-state index in [0.717, 1.165) is 18.9 Å². The van der Waals surface area contributed by atoms with Gasteiger partial charge in [0.2, 0.25) is 0 Å². The van der Waals surface area contributed by atoms with Crippen LogP contribution < -0.4 is 16.2 Å². The molecule has 3 N–H and O–H groups in total. The van der Waals surface area contributed by atoms with Crippen LogP contribution in [0.15, 0.2) is 12.4 Å². The van der Waals surface area contributed by atoms with Crippen molar-refractivity contribution in [3.63, 3.8) is 0 Å². The van der Waals surface area contributed by atoms with Crippen molar-refractivity contribution in [1.82, 2.24) is 9.97 Å². The molecule has 94 valence electrons. The van der Waals surface area contributed by atoms with Crippen LogP contribution in [0.1, 0.15) is 33.1 Å². The molecule has 2 heterocycles. The largest absolute Gasteiger partial charge is 0.356 e. The van der Waals surface area contributed by atoms with Crippen LogP contribution in [-0.2, 0) is 0 Å². The number of nitrogens with zero attached hydrogens (tertiary/aromatic N) is 3. The molecule has 0 unspecified atom stereocenters. The lowest BCUT2D eigenvalue weighted by atomic mass is 9.85. The van der Waals surface area contributed by atoms with E-state index in [4.69, 9.17) is 5.84 Å². The number of nitrogen functional groups attached to an aromatic ring is 1. The summed E-state index contributed by atoms with van der Waals surface area (Å²) in [4.78, 5) is 10.7. The summed E-state index contributed by atoms with van der Waals surface area (Å²) >= 11 is 0. The van der Waals surface area contributed by atoms with Crippen LogP contribution in [0.25, 0.3) is 0 Å². The van der Waals surface area contributed by atoms with Crippen LogP contribution in [0, 0.1) is 5.41 Å². The molecule has 0 bridgehead atoms. The second kappa shape index (κ2) is 4.87. The summed E-state index contributed by atoms with van der Waals surface area (Å²) in [7, 11) is 0. The Kier molecular flexibility index (Phi) is 3.47. The molecule has 2 rings (SSSR count). The van der Waals surface area contributed by atoms with Gasteiger partial charge in [0, 0.05) is 19.2 Å². The van der Waals surface area contributed by atoms with Crippen molar-refractivity contribution in [2.75, 3.05) is 23.4 Å². The van der Waals surface area contributed by atoms with Crippen molar-refractivity contribution < 1.29 is 0 Å². The van der Waals surface area contributed by atoms with Crippen LogP contribution in [-0.4, -0.2) is 23.1 Å². The molecule has 1 saturated heterocycles. The second-order valence-electron chi connectivity index (χ2n) is 5.41. The maximum Gasteiger partial charge on any atom is 0.145 e. The van der Waals surface area contributed by atoms with E-state index in [9.17, 15) is 0 Å². The summed E-state index contributed by atoms with van der Waals surface area (Å²) in [5.41, 5.74) is 3.00. The molecule has 0 saturated carbocycles. The van der Waals surface area contributed by atoms with E-state index in [1.165, 1.54) is 19.3 Å². The van der Waals surface area contributed by atoms with Gasteiger partial charge in [-0.2, -0.15) is 0 Å². The van der Waals surface area contributed by atoms with E-state index in [1.807, 2.05) is 6.07 Å². The van der Waals surface area contributed by atoms with Crippen LogP contribution in [0.3, 0.4) is 0 Å². The fourth-order valence-electron chi connectivity index (χ4n) is 2.25. The van der Waals surface area contributed by atoms with Gasteiger partial charge in [0.1, 0.15) is 18.0 Å². The number of rotatable bonds is 2. The van der Waals surface area contributed by atoms with Gasteiger partial charge in [-0.05, 0) is 24.7 Å². The van der Waals surface area contributed by atoms with Crippen LogP contribution in [0.2, 0.25) is 0 Å². The fourth-order valence-corrected chi connectivity index (χ4v) is 2.25. The van der Waals surface area contributed by atoms with Crippen molar-refractivity contribution in [1.29, 1.82) is 0 Å². The highest BCUT2D eigenvalue weighted by molar-refractivity contribution is 5.47. The standard InChI is InChI=1S/C12H21N5/c1-12(2)4-3-6-17(7-5-12)11-8-10(16-13)14-9-15-11/h8-9H,3-7,13H2,1-2H3,(H,14,15,16). The van der Waals surface area contributed by atoms with Crippen LogP contribution in [0.4, 0.5) is 11.6 Å². The van der Waals surface area contributed by atoms with Gasteiger partial charge in [0.25, 0.3) is 0 Å². The summed E-state index contributed by atoms with van der Waals surface area (Å²) in [6.45, 7) is 6.78. The molecule has 5 nitrogen and oxygen atoms in total. The van der Waals surface area contributed by atoms with Gasteiger partial charge in [-0.3, -0.25) is 0 Å². The highest BCUT2D eigenvalue weighted by Gasteiger charge is 2.23. The molecular formula is C12H21N5. The normalized spacial score (nSPS) is 19.8. The van der Waals surface area contributed by atoms with E-state index in [2.05, 4.69) is 34.1 Å². The molecule has 17 heavy (non-hydrogen) atoms. The van der Waals surface area contributed by atoms with Gasteiger partial charge in [0.15, 0.2) is 0 Å². The lowest BCUT2D eigenvalue weighted by Crippen LogP contribution is -2.26. The third-order valence-electron chi connectivity index (χ3n) is 3.46. The van der Waals surface area contributed by atoms with Gasteiger partial charge in [-0.25, -0.2) is 15.8 Å². The number of hydrogen-bond acceptors (Lipinski definition) is 5. The van der Waals surface area contributed by atoms with E-state index >= 15 is 0 Å². The summed E-state index contributed by atoms with van der Waals surface area (Å²) < 4.78 is 0. The number of nitrogens with one attached hydrogen (secondary N) is 1. The van der Waals surface area contributed by atoms with Crippen LogP contribution in [0.5, 0.6) is 0 Å². The zero-order valence-electron chi connectivity index (χ0n) is 10.6. The summed E-state index contributed by atoms with van der Waals surface area (Å²) in [6, 6.07) is 1.90. The van der Waals surface area contributed by atoms with Gasteiger partial charge >= 0.3 is 0 Å². The summed E-state index contributed by atoms with van der Waals surface area (Å²) in [5.74, 6) is 6.99. The lowest BCUT2D eigenvalue weighted by molar-refractivity contribution is 0.325. The number of hydrazine groups is 1. The van der Waals surface area contributed by atoms with Gasteiger partial charge in [-0.1, -0.05) is 13.8 Å². The van der Waals surface area contributed by atoms with E-state index in [-0.39, 0.29) is 0 Å². The Labute approximate surface area is 102 Å². The van der Waals surface area contributed by atoms with Crippen molar-refractivity contribution >= 4 is 11.6 Å². The molecule has 1 aromatic rings. The van der Waals surface area contributed by atoms with Crippen molar-refractivity contribution in [3.8, 4) is 0 Å². The molecule has 5 heteroatoms. The number of hydrogen-bond donors (Lipinski definition) is 2. The van der Waals surface area contributed by atoms with E-state index in [1.54, 1.807) is 6.33 Å². The van der Waals surface area contributed by atoms with Crippen molar-refractivity contribution in [3.05, 3.63) is 12.4 Å². The molecule has 0 amide bonds. The third-order valence-corrected chi connectivity index (χ3v) is 3.46. The minimum atomic E-state index is 0.441. The maximum absolute atomic E-state index is 5.36. The average molecular weight is 235 g/mol. The quantitative estimate of drug-likeness (QED) is 0.604. The maximum atomic E-state index is 5.36. The molecule has 0 spiro atoms. The van der Waals surface area contributed by atoms with Gasteiger partial charge in [-0.15, -0.1) is 0 Å². The molecule has 0 aliphatic carbocycles. The predicted molar refractivity (Wildman–Crippen MR) is 69.7 cm³/mol. The highest BCUT2D eigenvalue weighted by atomic mass is 15.3. The van der Waals surface area contributed by atoms with E-state index < -0.39 is 0 Å². The molecule has 0 radical (unpaired) electrons. The Morgan fingerprint density at radius 1 is 1.29 bits per heavy atom. The second-order valence-corrected chi connectivity index (χ2v) is 5.41. The Morgan fingerprint density at radius 3 is 2.88 bits per heavy atom. The molecular weight excluding hydrogens is 214 g/mol. The smallest absolute Gasteiger partial charge is 0.145 e. The Morgan fingerprint density at radius 2 is 2.12 bits per heavy atom. The molecule has 0 aromatic carbocycles. The minimum Gasteiger partial charge on any atom is -0.356 e. The SMILES string of the molecule is CC1(C)CCCN(c2cc(NN)ncn2)CC1. The fraction of sp³-hybridized carbons (Fsp3) is 0.667. The first-order valence-corrected chi connectivity index (χ1v) is 6.14. The first kappa shape index (κ1) is 12.1. The molecule has 1 aliphatic rings. The Balaban J connectivity index is 2.11. The molecule has 1 aromatic heterocycles. The van der Waals surface area contributed by atoms with Crippen molar-refractivity contribution in [2.45, 2.75) is 33.1 Å². The van der Waals surface area contributed by atoms with E-state index in [0.29, 0.717) is 11.2 Å². The minimum absolute atomic E-state index is 0.441. The summed E-state index contributed by atoms with van der Waals surface area (Å²) in [5, 5.41) is 0. The predicted octanol–water partition coefficient (Wildman–Crippen LogP) is 1.78. The third kappa shape index (κ3) is 3.06. The molecule has 0 atom stereocenters. The monoisotopic (exact) mass is 235 g/mol. The van der Waals surface area contributed by atoms with Crippen LogP contribution >= 0.6 is 0 Å². The number of aromatic nitrogens is 2. The number of nitrogens with two attached hydrogens (primary N) is 1. The Bertz CT molecular complexity index is 377. The average Bonchev–Trinajstić information content (AvgIpc) is 2.50. The molecule has 1 aliphatic heterocycles. The summed E-state index contributed by atoms with van der Waals surface area (Å²) in [6.07, 6.45) is 5.24. The topological polar surface area (TPSA) is 67.1 Å². The first-order chi connectivity index (χ1) is 8.11. The zero-order chi connectivity index (χ0) is 12.3. The Hall–Kier alpha value is -1.36. The van der Waals surface area contributed by atoms with Crippen molar-refractivity contribution in [2.24, 2.45) is 11.3 Å².